The van der Waals surface area contributed by atoms with Crippen LogP contribution >= 0.6 is 0 Å². The fraction of sp³-hybridized carbons (Fsp3) is 0.562. The predicted molar refractivity (Wildman–Crippen MR) is 83.0 cm³/mol. The van der Waals surface area contributed by atoms with Crippen molar-refractivity contribution in [3.8, 4) is 5.75 Å². The Bertz CT molecular complexity index is 482. The Hall–Kier alpha value is -1.59. The van der Waals surface area contributed by atoms with E-state index >= 15 is 0 Å². The highest BCUT2D eigenvalue weighted by molar-refractivity contribution is 5.93. The number of morpholine rings is 1. The average molecular weight is 292 g/mol. The number of amides is 1. The molecule has 1 fully saturated rings. The number of hydrogen-bond donors (Lipinski definition) is 1. The molecule has 21 heavy (non-hydrogen) atoms. The first-order chi connectivity index (χ1) is 10.1. The zero-order valence-corrected chi connectivity index (χ0v) is 13.0. The van der Waals surface area contributed by atoms with Gasteiger partial charge in [0.1, 0.15) is 5.75 Å². The molecule has 0 spiro atoms. The molecule has 1 amide bonds. The fourth-order valence-electron chi connectivity index (χ4n) is 2.33. The lowest BCUT2D eigenvalue weighted by Crippen LogP contribution is -2.41. The van der Waals surface area contributed by atoms with Crippen LogP contribution in [0.15, 0.2) is 18.2 Å². The molecule has 0 saturated carbocycles. The lowest BCUT2D eigenvalue weighted by Gasteiger charge is -2.26. The van der Waals surface area contributed by atoms with Crippen LogP contribution in [0.1, 0.15) is 25.3 Å². The van der Waals surface area contributed by atoms with E-state index in [1.54, 1.807) is 7.11 Å². The maximum absolute atomic E-state index is 12.2. The van der Waals surface area contributed by atoms with Crippen molar-refractivity contribution < 1.29 is 14.3 Å². The molecular weight excluding hydrogens is 268 g/mol. The van der Waals surface area contributed by atoms with Gasteiger partial charge in [-0.25, -0.2) is 0 Å². The van der Waals surface area contributed by atoms with E-state index in [1.807, 2.05) is 18.2 Å². The number of ether oxygens (including phenoxy) is 2. The molecule has 2 rings (SSSR count). The maximum Gasteiger partial charge on any atom is 0.238 e. The number of rotatable bonds is 5. The monoisotopic (exact) mass is 292 g/mol. The minimum absolute atomic E-state index is 0.0175. The van der Waals surface area contributed by atoms with E-state index in [0.29, 0.717) is 31.4 Å². The van der Waals surface area contributed by atoms with E-state index in [1.165, 1.54) is 5.56 Å². The number of anilines is 1. The third-order valence-electron chi connectivity index (χ3n) is 3.64. The minimum atomic E-state index is -0.0175. The van der Waals surface area contributed by atoms with Crippen molar-refractivity contribution in [3.63, 3.8) is 0 Å². The highest BCUT2D eigenvalue weighted by atomic mass is 16.5. The van der Waals surface area contributed by atoms with Crippen LogP contribution < -0.4 is 10.1 Å². The Morgan fingerprint density at radius 2 is 2.10 bits per heavy atom. The molecule has 1 aromatic carbocycles. The van der Waals surface area contributed by atoms with Gasteiger partial charge < -0.3 is 14.8 Å². The highest BCUT2D eigenvalue weighted by Gasteiger charge is 2.16. The fourth-order valence-corrected chi connectivity index (χ4v) is 2.33. The van der Waals surface area contributed by atoms with Crippen molar-refractivity contribution >= 4 is 11.6 Å². The third-order valence-corrected chi connectivity index (χ3v) is 3.64. The van der Waals surface area contributed by atoms with Crippen molar-refractivity contribution in [2.24, 2.45) is 0 Å². The van der Waals surface area contributed by atoms with E-state index in [-0.39, 0.29) is 5.91 Å². The quantitative estimate of drug-likeness (QED) is 0.903. The number of carbonyl (C=O) groups is 1. The SMILES string of the molecule is COc1ccc(C(C)C)cc1NC(=O)CN1CCOCC1. The molecule has 1 heterocycles. The molecule has 0 unspecified atom stereocenters. The van der Waals surface area contributed by atoms with Gasteiger partial charge in [0.2, 0.25) is 5.91 Å². The van der Waals surface area contributed by atoms with Crippen LogP contribution in [-0.4, -0.2) is 50.8 Å². The van der Waals surface area contributed by atoms with Gasteiger partial charge in [0.25, 0.3) is 0 Å². The summed E-state index contributed by atoms with van der Waals surface area (Å²) in [6.07, 6.45) is 0. The lowest BCUT2D eigenvalue weighted by molar-refractivity contribution is -0.118. The van der Waals surface area contributed by atoms with E-state index in [2.05, 4.69) is 24.1 Å². The van der Waals surface area contributed by atoms with Crippen LogP contribution in [0.3, 0.4) is 0 Å². The van der Waals surface area contributed by atoms with Gasteiger partial charge in [-0.1, -0.05) is 19.9 Å². The second-order valence-corrected chi connectivity index (χ2v) is 5.55. The van der Waals surface area contributed by atoms with Crippen LogP contribution in [0.25, 0.3) is 0 Å². The first-order valence-corrected chi connectivity index (χ1v) is 7.38. The van der Waals surface area contributed by atoms with Crippen LogP contribution in [0.5, 0.6) is 5.75 Å². The molecule has 1 aliphatic rings. The van der Waals surface area contributed by atoms with Crippen LogP contribution in [0.4, 0.5) is 5.69 Å². The standard InChI is InChI=1S/C16H24N2O3/c1-12(2)13-4-5-15(20-3)14(10-13)17-16(19)11-18-6-8-21-9-7-18/h4-5,10,12H,6-9,11H2,1-3H3,(H,17,19). The molecule has 0 radical (unpaired) electrons. The smallest absolute Gasteiger partial charge is 0.238 e. The zero-order valence-electron chi connectivity index (χ0n) is 13.0. The van der Waals surface area contributed by atoms with Gasteiger partial charge in [-0.2, -0.15) is 0 Å². The van der Waals surface area contributed by atoms with Crippen molar-refractivity contribution in [2.75, 3.05) is 45.3 Å². The molecule has 0 atom stereocenters. The summed E-state index contributed by atoms with van der Waals surface area (Å²) in [7, 11) is 1.61. The second kappa shape index (κ2) is 7.43. The van der Waals surface area contributed by atoms with Crippen LogP contribution in [0, 0.1) is 0 Å². The zero-order chi connectivity index (χ0) is 15.2. The van der Waals surface area contributed by atoms with Gasteiger partial charge in [0.05, 0.1) is 32.6 Å². The Kier molecular flexibility index (Phi) is 5.59. The molecule has 1 saturated heterocycles. The molecule has 116 valence electrons. The molecule has 1 N–H and O–H groups in total. The number of carbonyl (C=O) groups excluding carboxylic acids is 1. The third kappa shape index (κ3) is 4.44. The summed E-state index contributed by atoms with van der Waals surface area (Å²) in [5, 5.41) is 2.96. The number of methoxy groups -OCH3 is 1. The van der Waals surface area contributed by atoms with Gasteiger partial charge in [-0.15, -0.1) is 0 Å². The van der Waals surface area contributed by atoms with Crippen molar-refractivity contribution in [1.82, 2.24) is 4.90 Å². The first kappa shape index (κ1) is 15.8. The predicted octanol–water partition coefficient (Wildman–Crippen LogP) is 2.09. The van der Waals surface area contributed by atoms with Gasteiger partial charge in [-0.05, 0) is 23.6 Å². The largest absolute Gasteiger partial charge is 0.495 e. The van der Waals surface area contributed by atoms with Crippen molar-refractivity contribution in [2.45, 2.75) is 19.8 Å². The highest BCUT2D eigenvalue weighted by Crippen LogP contribution is 2.28. The minimum Gasteiger partial charge on any atom is -0.495 e. The summed E-state index contributed by atoms with van der Waals surface area (Å²) in [6.45, 7) is 7.63. The molecule has 5 heteroatoms. The topological polar surface area (TPSA) is 50.8 Å². The molecule has 1 aliphatic heterocycles. The average Bonchev–Trinajstić information content (AvgIpc) is 2.48. The number of hydrogen-bond acceptors (Lipinski definition) is 4. The van der Waals surface area contributed by atoms with Crippen LogP contribution in [0.2, 0.25) is 0 Å². The Balaban J connectivity index is 2.02. The summed E-state index contributed by atoms with van der Waals surface area (Å²) >= 11 is 0. The summed E-state index contributed by atoms with van der Waals surface area (Å²) in [4.78, 5) is 14.3. The maximum atomic E-state index is 12.2. The van der Waals surface area contributed by atoms with E-state index in [0.717, 1.165) is 18.8 Å². The van der Waals surface area contributed by atoms with E-state index < -0.39 is 0 Å². The summed E-state index contributed by atoms with van der Waals surface area (Å²) in [5.41, 5.74) is 1.92. The normalized spacial score (nSPS) is 16.0. The summed E-state index contributed by atoms with van der Waals surface area (Å²) in [6, 6.07) is 5.92. The van der Waals surface area contributed by atoms with Crippen LogP contribution in [-0.2, 0) is 9.53 Å². The van der Waals surface area contributed by atoms with Crippen molar-refractivity contribution in [3.05, 3.63) is 23.8 Å². The molecule has 0 bridgehead atoms. The van der Waals surface area contributed by atoms with Gasteiger partial charge in [0, 0.05) is 13.1 Å². The number of nitrogens with one attached hydrogen (secondary N) is 1. The molecule has 5 nitrogen and oxygen atoms in total. The van der Waals surface area contributed by atoms with Crippen molar-refractivity contribution in [1.29, 1.82) is 0 Å². The molecule has 0 aliphatic carbocycles. The Labute approximate surface area is 126 Å². The first-order valence-electron chi connectivity index (χ1n) is 7.38. The summed E-state index contributed by atoms with van der Waals surface area (Å²) < 4.78 is 10.6. The Morgan fingerprint density at radius 3 is 2.71 bits per heavy atom. The lowest BCUT2D eigenvalue weighted by atomic mass is 10.0. The number of benzene rings is 1. The molecule has 1 aromatic rings. The molecule has 0 aromatic heterocycles. The number of nitrogens with zero attached hydrogens (tertiary/aromatic N) is 1. The molecular formula is C16H24N2O3. The summed E-state index contributed by atoms with van der Waals surface area (Å²) in [5.74, 6) is 1.08. The van der Waals surface area contributed by atoms with E-state index in [4.69, 9.17) is 9.47 Å². The van der Waals surface area contributed by atoms with Gasteiger partial charge >= 0.3 is 0 Å². The second-order valence-electron chi connectivity index (χ2n) is 5.55. The van der Waals surface area contributed by atoms with Gasteiger partial charge in [0.15, 0.2) is 0 Å². The van der Waals surface area contributed by atoms with E-state index in [9.17, 15) is 4.79 Å². The van der Waals surface area contributed by atoms with Gasteiger partial charge in [-0.3, -0.25) is 9.69 Å². The Morgan fingerprint density at radius 1 is 1.38 bits per heavy atom.